The average molecular weight is 278 g/mol. The first-order valence-electron chi connectivity index (χ1n) is 7.28. The lowest BCUT2D eigenvalue weighted by atomic mass is 9.86. The summed E-state index contributed by atoms with van der Waals surface area (Å²) in [4.78, 5) is 0. The Bertz CT molecular complexity index is 643. The number of para-hydroxylation sites is 1. The number of nitriles is 1. The number of nitrogens with zero attached hydrogens (tertiary/aromatic N) is 1. The molecule has 0 aliphatic carbocycles. The highest BCUT2D eigenvalue weighted by molar-refractivity contribution is 5.58. The third-order valence-electron chi connectivity index (χ3n) is 3.70. The van der Waals surface area contributed by atoms with Gasteiger partial charge >= 0.3 is 0 Å². The highest BCUT2D eigenvalue weighted by Crippen LogP contribution is 2.26. The van der Waals surface area contributed by atoms with Gasteiger partial charge in [-0.15, -0.1) is 0 Å². The molecule has 2 rings (SSSR count). The van der Waals surface area contributed by atoms with Gasteiger partial charge in [-0.1, -0.05) is 57.2 Å². The SMILES string of the molecule is CC(Nc1ccccc1C#N)c1ccc(C(C)(C)C)cc1. The Balaban J connectivity index is 2.17. The van der Waals surface area contributed by atoms with Crippen molar-refractivity contribution in [3.63, 3.8) is 0 Å². The summed E-state index contributed by atoms with van der Waals surface area (Å²) in [6.07, 6.45) is 0. The minimum atomic E-state index is 0.161. The Morgan fingerprint density at radius 3 is 2.19 bits per heavy atom. The van der Waals surface area contributed by atoms with Crippen LogP contribution < -0.4 is 5.32 Å². The topological polar surface area (TPSA) is 35.8 Å². The molecular weight excluding hydrogens is 256 g/mol. The maximum Gasteiger partial charge on any atom is 0.101 e. The van der Waals surface area contributed by atoms with Crippen LogP contribution in [-0.2, 0) is 5.41 Å². The first-order valence-corrected chi connectivity index (χ1v) is 7.28. The van der Waals surface area contributed by atoms with Crippen LogP contribution in [0.2, 0.25) is 0 Å². The van der Waals surface area contributed by atoms with Gasteiger partial charge in [0.05, 0.1) is 11.3 Å². The molecule has 2 heteroatoms. The molecule has 2 aromatic rings. The summed E-state index contributed by atoms with van der Waals surface area (Å²) in [7, 11) is 0. The van der Waals surface area contributed by atoms with Gasteiger partial charge < -0.3 is 5.32 Å². The molecule has 1 N–H and O–H groups in total. The Labute approximate surface area is 127 Å². The van der Waals surface area contributed by atoms with E-state index < -0.39 is 0 Å². The van der Waals surface area contributed by atoms with Crippen molar-refractivity contribution >= 4 is 5.69 Å². The first-order chi connectivity index (χ1) is 9.91. The van der Waals surface area contributed by atoms with Gasteiger partial charge in [0.1, 0.15) is 6.07 Å². The van der Waals surface area contributed by atoms with Crippen molar-refractivity contribution < 1.29 is 0 Å². The fourth-order valence-corrected chi connectivity index (χ4v) is 2.29. The molecule has 21 heavy (non-hydrogen) atoms. The second kappa shape index (κ2) is 6.01. The first kappa shape index (κ1) is 15.1. The summed E-state index contributed by atoms with van der Waals surface area (Å²) >= 11 is 0. The van der Waals surface area contributed by atoms with Crippen molar-refractivity contribution in [2.75, 3.05) is 5.32 Å². The molecule has 0 radical (unpaired) electrons. The standard InChI is InChI=1S/C19H22N2/c1-14(21-18-8-6-5-7-16(18)13-20)15-9-11-17(12-10-15)19(2,3)4/h5-12,14,21H,1-4H3. The number of rotatable bonds is 3. The zero-order chi connectivity index (χ0) is 15.5. The zero-order valence-electron chi connectivity index (χ0n) is 13.1. The van der Waals surface area contributed by atoms with E-state index >= 15 is 0 Å². The van der Waals surface area contributed by atoms with Gasteiger partial charge in [-0.25, -0.2) is 0 Å². The van der Waals surface area contributed by atoms with Crippen LogP contribution in [-0.4, -0.2) is 0 Å². The highest BCUT2D eigenvalue weighted by Gasteiger charge is 2.14. The summed E-state index contributed by atoms with van der Waals surface area (Å²) < 4.78 is 0. The molecular formula is C19H22N2. The van der Waals surface area contributed by atoms with Crippen molar-refractivity contribution in [3.05, 3.63) is 65.2 Å². The molecule has 108 valence electrons. The molecule has 0 amide bonds. The second-order valence-electron chi connectivity index (χ2n) is 6.40. The van der Waals surface area contributed by atoms with E-state index in [1.54, 1.807) is 0 Å². The molecule has 1 atom stereocenters. The van der Waals surface area contributed by atoms with E-state index in [1.165, 1.54) is 11.1 Å². The van der Waals surface area contributed by atoms with Gasteiger partial charge in [0, 0.05) is 6.04 Å². The Morgan fingerprint density at radius 2 is 1.62 bits per heavy atom. The van der Waals surface area contributed by atoms with Crippen LogP contribution >= 0.6 is 0 Å². The number of hydrogen-bond acceptors (Lipinski definition) is 2. The molecule has 0 bridgehead atoms. The Kier molecular flexibility index (Phi) is 4.33. The molecule has 0 aliphatic heterocycles. The van der Waals surface area contributed by atoms with Crippen LogP contribution in [0.1, 0.15) is 50.4 Å². The van der Waals surface area contributed by atoms with Crippen LogP contribution in [0.5, 0.6) is 0 Å². The fraction of sp³-hybridized carbons (Fsp3) is 0.316. The van der Waals surface area contributed by atoms with Crippen molar-refractivity contribution in [3.8, 4) is 6.07 Å². The fourth-order valence-electron chi connectivity index (χ4n) is 2.29. The van der Waals surface area contributed by atoms with E-state index in [0.717, 1.165) is 5.69 Å². The summed E-state index contributed by atoms with van der Waals surface area (Å²) in [6, 6.07) is 18.7. The number of anilines is 1. The van der Waals surface area contributed by atoms with Crippen molar-refractivity contribution in [2.24, 2.45) is 0 Å². The van der Waals surface area contributed by atoms with Crippen LogP contribution in [0.4, 0.5) is 5.69 Å². The Morgan fingerprint density at radius 1 is 1.00 bits per heavy atom. The third kappa shape index (κ3) is 3.64. The van der Waals surface area contributed by atoms with Gasteiger partial charge in [-0.3, -0.25) is 0 Å². The van der Waals surface area contributed by atoms with Gasteiger partial charge in [0.15, 0.2) is 0 Å². The molecule has 2 nitrogen and oxygen atoms in total. The van der Waals surface area contributed by atoms with Gasteiger partial charge in [0.2, 0.25) is 0 Å². The van der Waals surface area contributed by atoms with E-state index in [9.17, 15) is 0 Å². The maximum atomic E-state index is 9.14. The van der Waals surface area contributed by atoms with E-state index in [-0.39, 0.29) is 11.5 Å². The van der Waals surface area contributed by atoms with Gasteiger partial charge in [-0.2, -0.15) is 5.26 Å². The normalized spacial score (nSPS) is 12.5. The van der Waals surface area contributed by atoms with Crippen LogP contribution in [0.15, 0.2) is 48.5 Å². The summed E-state index contributed by atoms with van der Waals surface area (Å²) in [5, 5.41) is 12.6. The molecule has 1 unspecified atom stereocenters. The zero-order valence-corrected chi connectivity index (χ0v) is 13.1. The average Bonchev–Trinajstić information content (AvgIpc) is 2.47. The predicted octanol–water partition coefficient (Wildman–Crippen LogP) is 5.03. The number of benzene rings is 2. The molecule has 0 aliphatic rings. The van der Waals surface area contributed by atoms with Gasteiger partial charge in [0.25, 0.3) is 0 Å². The largest absolute Gasteiger partial charge is 0.377 e. The predicted molar refractivity (Wildman–Crippen MR) is 88.3 cm³/mol. The smallest absolute Gasteiger partial charge is 0.101 e. The third-order valence-corrected chi connectivity index (χ3v) is 3.70. The van der Waals surface area contributed by atoms with Crippen LogP contribution in [0.3, 0.4) is 0 Å². The highest BCUT2D eigenvalue weighted by atomic mass is 14.9. The van der Waals surface area contributed by atoms with E-state index in [4.69, 9.17) is 5.26 Å². The lowest BCUT2D eigenvalue weighted by molar-refractivity contribution is 0.589. The van der Waals surface area contributed by atoms with Crippen LogP contribution in [0, 0.1) is 11.3 Å². The maximum absolute atomic E-state index is 9.14. The molecule has 0 saturated carbocycles. The lowest BCUT2D eigenvalue weighted by Crippen LogP contribution is -2.12. The quantitative estimate of drug-likeness (QED) is 0.854. The van der Waals surface area contributed by atoms with Crippen molar-refractivity contribution in [2.45, 2.75) is 39.2 Å². The molecule has 0 saturated heterocycles. The monoisotopic (exact) mass is 278 g/mol. The van der Waals surface area contributed by atoms with Crippen molar-refractivity contribution in [1.82, 2.24) is 0 Å². The summed E-state index contributed by atoms with van der Waals surface area (Å²) in [6.45, 7) is 8.76. The minimum absolute atomic E-state index is 0.161. The van der Waals surface area contributed by atoms with Crippen molar-refractivity contribution in [1.29, 1.82) is 5.26 Å². The van der Waals surface area contributed by atoms with Crippen LogP contribution in [0.25, 0.3) is 0 Å². The molecule has 0 heterocycles. The van der Waals surface area contributed by atoms with Gasteiger partial charge in [-0.05, 0) is 35.6 Å². The van der Waals surface area contributed by atoms with E-state index in [2.05, 4.69) is 63.3 Å². The molecule has 0 spiro atoms. The summed E-state index contributed by atoms with van der Waals surface area (Å²) in [5.41, 5.74) is 4.28. The molecule has 0 fully saturated rings. The number of nitrogens with one attached hydrogen (secondary N) is 1. The number of hydrogen-bond donors (Lipinski definition) is 1. The second-order valence-corrected chi connectivity index (χ2v) is 6.40. The minimum Gasteiger partial charge on any atom is -0.377 e. The molecule has 2 aromatic carbocycles. The summed E-state index contributed by atoms with van der Waals surface area (Å²) in [5.74, 6) is 0. The Hall–Kier alpha value is -2.27. The molecule has 0 aromatic heterocycles. The lowest BCUT2D eigenvalue weighted by Gasteiger charge is -2.21. The van der Waals surface area contributed by atoms with E-state index in [1.807, 2.05) is 24.3 Å². The van der Waals surface area contributed by atoms with E-state index in [0.29, 0.717) is 5.56 Å².